The summed E-state index contributed by atoms with van der Waals surface area (Å²) in [4.78, 5) is 12.1. The van der Waals surface area contributed by atoms with Gasteiger partial charge in [-0.2, -0.15) is 5.26 Å². The van der Waals surface area contributed by atoms with Crippen molar-refractivity contribution in [3.8, 4) is 17.4 Å². The van der Waals surface area contributed by atoms with E-state index in [2.05, 4.69) is 5.32 Å². The lowest BCUT2D eigenvalue weighted by Gasteiger charge is -2.02. The summed E-state index contributed by atoms with van der Waals surface area (Å²) in [6.07, 6.45) is 2.92. The van der Waals surface area contributed by atoms with Gasteiger partial charge in [0.1, 0.15) is 28.9 Å². The van der Waals surface area contributed by atoms with E-state index in [1.807, 2.05) is 31.2 Å². The third-order valence-corrected chi connectivity index (χ3v) is 4.15. The summed E-state index contributed by atoms with van der Waals surface area (Å²) in [6, 6.07) is 14.4. The number of furan rings is 2. The first-order chi connectivity index (χ1) is 12.6. The molecule has 2 aromatic heterocycles. The van der Waals surface area contributed by atoms with E-state index in [9.17, 15) is 10.1 Å². The van der Waals surface area contributed by atoms with E-state index in [4.69, 9.17) is 20.4 Å². The normalized spacial score (nSPS) is 11.2. The van der Waals surface area contributed by atoms with E-state index >= 15 is 0 Å². The van der Waals surface area contributed by atoms with Crippen molar-refractivity contribution in [2.75, 3.05) is 0 Å². The average molecular weight is 367 g/mol. The minimum absolute atomic E-state index is 0.0561. The molecular formula is C20H15ClN2O3. The lowest BCUT2D eigenvalue weighted by atomic mass is 10.1. The zero-order valence-corrected chi connectivity index (χ0v) is 14.7. The van der Waals surface area contributed by atoms with Gasteiger partial charge in [-0.25, -0.2) is 0 Å². The highest BCUT2D eigenvalue weighted by Gasteiger charge is 2.12. The molecule has 1 N–H and O–H groups in total. The molecule has 3 aromatic rings. The second-order valence-electron chi connectivity index (χ2n) is 5.60. The van der Waals surface area contributed by atoms with Gasteiger partial charge >= 0.3 is 0 Å². The fraction of sp³-hybridized carbons (Fsp3) is 0.100. The molecule has 0 aliphatic carbocycles. The summed E-state index contributed by atoms with van der Waals surface area (Å²) in [6.45, 7) is 2.12. The Morgan fingerprint density at radius 1 is 1.31 bits per heavy atom. The lowest BCUT2D eigenvalue weighted by Crippen LogP contribution is -2.23. The van der Waals surface area contributed by atoms with Crippen molar-refractivity contribution < 1.29 is 13.6 Å². The molecule has 0 aliphatic heterocycles. The summed E-state index contributed by atoms with van der Waals surface area (Å²) in [5, 5.41) is 12.5. The molecule has 3 rings (SSSR count). The summed E-state index contributed by atoms with van der Waals surface area (Å²) < 4.78 is 10.9. The number of benzene rings is 1. The molecule has 0 spiro atoms. The number of halogens is 1. The number of nitriles is 1. The Bertz CT molecular complexity index is 994. The summed E-state index contributed by atoms with van der Waals surface area (Å²) in [7, 11) is 0. The maximum Gasteiger partial charge on any atom is 0.262 e. The first-order valence-electron chi connectivity index (χ1n) is 7.85. The Labute approximate surface area is 155 Å². The van der Waals surface area contributed by atoms with E-state index in [-0.39, 0.29) is 12.1 Å². The van der Waals surface area contributed by atoms with Crippen LogP contribution in [0.3, 0.4) is 0 Å². The number of rotatable bonds is 5. The van der Waals surface area contributed by atoms with Gasteiger partial charge in [-0.1, -0.05) is 23.7 Å². The SMILES string of the molecule is Cc1ccc(-c2ccc(C=C(C#N)C(=O)NCc3ccco3)o2)cc1Cl. The fourth-order valence-corrected chi connectivity index (χ4v) is 2.48. The van der Waals surface area contributed by atoms with Crippen LogP contribution >= 0.6 is 11.6 Å². The van der Waals surface area contributed by atoms with Crippen LogP contribution in [0.5, 0.6) is 0 Å². The van der Waals surface area contributed by atoms with Gasteiger partial charge in [-0.05, 0) is 42.8 Å². The van der Waals surface area contributed by atoms with Gasteiger partial charge in [0.05, 0.1) is 12.8 Å². The predicted octanol–water partition coefficient (Wildman–Crippen LogP) is 4.72. The van der Waals surface area contributed by atoms with Crippen LogP contribution in [0.25, 0.3) is 17.4 Å². The third kappa shape index (κ3) is 4.05. The van der Waals surface area contributed by atoms with Gasteiger partial charge in [-0.3, -0.25) is 4.79 Å². The maximum absolute atomic E-state index is 12.1. The van der Waals surface area contributed by atoms with Crippen molar-refractivity contribution in [1.29, 1.82) is 5.26 Å². The van der Waals surface area contributed by atoms with Crippen molar-refractivity contribution in [3.05, 3.63) is 76.4 Å². The van der Waals surface area contributed by atoms with Gasteiger partial charge in [0.2, 0.25) is 0 Å². The molecular weight excluding hydrogens is 352 g/mol. The fourth-order valence-electron chi connectivity index (χ4n) is 2.30. The van der Waals surface area contributed by atoms with E-state index < -0.39 is 5.91 Å². The van der Waals surface area contributed by atoms with Crippen LogP contribution < -0.4 is 5.32 Å². The molecule has 1 aromatic carbocycles. The summed E-state index contributed by atoms with van der Waals surface area (Å²) >= 11 is 6.14. The highest BCUT2D eigenvalue weighted by molar-refractivity contribution is 6.31. The van der Waals surface area contributed by atoms with Gasteiger partial charge in [0.25, 0.3) is 5.91 Å². The topological polar surface area (TPSA) is 79.2 Å². The Hall–Kier alpha value is -3.23. The standard InChI is InChI=1S/C20H15ClN2O3/c1-13-4-5-14(10-18(13)21)19-7-6-16(26-19)9-15(11-22)20(24)23-12-17-3-2-8-25-17/h2-10H,12H2,1H3,(H,23,24). The molecule has 0 radical (unpaired) electrons. The van der Waals surface area contributed by atoms with Crippen LogP contribution in [0, 0.1) is 18.3 Å². The zero-order chi connectivity index (χ0) is 18.5. The second-order valence-corrected chi connectivity index (χ2v) is 6.01. The number of nitrogens with zero attached hydrogens (tertiary/aromatic N) is 1. The molecule has 0 aliphatic rings. The van der Waals surface area contributed by atoms with Gasteiger partial charge in [-0.15, -0.1) is 0 Å². The van der Waals surface area contributed by atoms with Crippen LogP contribution in [0.2, 0.25) is 5.02 Å². The first-order valence-corrected chi connectivity index (χ1v) is 8.23. The van der Waals surface area contributed by atoms with E-state index in [1.165, 1.54) is 12.3 Å². The quantitative estimate of drug-likeness (QED) is 0.523. The minimum atomic E-state index is -0.500. The molecule has 1 amide bonds. The number of amides is 1. The maximum atomic E-state index is 12.1. The van der Waals surface area contributed by atoms with Crippen LogP contribution in [-0.4, -0.2) is 5.91 Å². The number of carbonyl (C=O) groups is 1. The summed E-state index contributed by atoms with van der Waals surface area (Å²) in [5.41, 5.74) is 1.74. The number of aryl methyl sites for hydroxylation is 1. The van der Waals surface area contributed by atoms with Gasteiger partial charge in [0, 0.05) is 16.7 Å². The predicted molar refractivity (Wildman–Crippen MR) is 98.0 cm³/mol. The van der Waals surface area contributed by atoms with Crippen molar-refractivity contribution in [3.63, 3.8) is 0 Å². The number of nitrogens with one attached hydrogen (secondary N) is 1. The van der Waals surface area contributed by atoms with Gasteiger partial charge < -0.3 is 14.2 Å². The van der Waals surface area contributed by atoms with Crippen LogP contribution in [0.15, 0.2) is 63.1 Å². The lowest BCUT2D eigenvalue weighted by molar-refractivity contribution is -0.117. The second kappa shape index (κ2) is 7.77. The van der Waals surface area contributed by atoms with Crippen molar-refractivity contribution in [2.24, 2.45) is 0 Å². The van der Waals surface area contributed by atoms with Crippen LogP contribution in [-0.2, 0) is 11.3 Å². The van der Waals surface area contributed by atoms with Crippen LogP contribution in [0.4, 0.5) is 0 Å². The highest BCUT2D eigenvalue weighted by Crippen LogP contribution is 2.27. The molecule has 0 unspecified atom stereocenters. The van der Waals surface area contributed by atoms with Crippen molar-refractivity contribution in [1.82, 2.24) is 5.32 Å². The van der Waals surface area contributed by atoms with Crippen LogP contribution in [0.1, 0.15) is 17.1 Å². The Kier molecular flexibility index (Phi) is 5.26. The molecule has 0 atom stereocenters. The Balaban J connectivity index is 1.75. The van der Waals surface area contributed by atoms with Crippen molar-refractivity contribution >= 4 is 23.6 Å². The highest BCUT2D eigenvalue weighted by atomic mass is 35.5. The average Bonchev–Trinajstić information content (AvgIpc) is 3.31. The number of carbonyl (C=O) groups excluding carboxylic acids is 1. The molecule has 26 heavy (non-hydrogen) atoms. The molecule has 0 fully saturated rings. The molecule has 130 valence electrons. The molecule has 0 saturated heterocycles. The van der Waals surface area contributed by atoms with Crippen molar-refractivity contribution in [2.45, 2.75) is 13.5 Å². The van der Waals surface area contributed by atoms with E-state index in [1.54, 1.807) is 24.3 Å². The third-order valence-electron chi connectivity index (χ3n) is 3.74. The Morgan fingerprint density at radius 2 is 2.15 bits per heavy atom. The molecule has 5 nitrogen and oxygen atoms in total. The smallest absolute Gasteiger partial charge is 0.262 e. The Morgan fingerprint density at radius 3 is 2.85 bits per heavy atom. The first kappa shape index (κ1) is 17.6. The monoisotopic (exact) mass is 366 g/mol. The molecule has 0 bridgehead atoms. The molecule has 6 heteroatoms. The van der Waals surface area contributed by atoms with E-state index in [0.29, 0.717) is 22.3 Å². The zero-order valence-electron chi connectivity index (χ0n) is 14.0. The largest absolute Gasteiger partial charge is 0.467 e. The van der Waals surface area contributed by atoms with Gasteiger partial charge in [0.15, 0.2) is 0 Å². The summed E-state index contributed by atoms with van der Waals surface area (Å²) in [5.74, 6) is 1.11. The number of hydrogen-bond donors (Lipinski definition) is 1. The minimum Gasteiger partial charge on any atom is -0.467 e. The van der Waals surface area contributed by atoms with E-state index in [0.717, 1.165) is 11.1 Å². The molecule has 0 saturated carbocycles. The molecule has 2 heterocycles. The number of hydrogen-bond acceptors (Lipinski definition) is 4.